The molecule has 3 aromatic rings. The molecule has 0 radical (unpaired) electrons. The van der Waals surface area contributed by atoms with Crippen LogP contribution in [-0.4, -0.2) is 56.1 Å². The number of aromatic nitrogens is 1. The van der Waals surface area contributed by atoms with Crippen molar-refractivity contribution in [3.05, 3.63) is 52.8 Å². The zero-order chi connectivity index (χ0) is 24.8. The highest BCUT2D eigenvalue weighted by atomic mass is 32.2. The van der Waals surface area contributed by atoms with Crippen LogP contribution in [0.4, 0.5) is 0 Å². The summed E-state index contributed by atoms with van der Waals surface area (Å²) in [7, 11) is -3.55. The van der Waals surface area contributed by atoms with Crippen LogP contribution < -0.4 is 9.54 Å². The molecule has 0 bridgehead atoms. The molecule has 35 heavy (non-hydrogen) atoms. The third kappa shape index (κ3) is 5.83. The molecule has 0 spiro atoms. The molecule has 1 fully saturated rings. The van der Waals surface area contributed by atoms with Gasteiger partial charge in [-0.2, -0.15) is 9.30 Å². The maximum absolute atomic E-state index is 13.0. The Morgan fingerprint density at radius 3 is 2.46 bits per heavy atom. The van der Waals surface area contributed by atoms with Crippen molar-refractivity contribution in [2.45, 2.75) is 44.6 Å². The van der Waals surface area contributed by atoms with Crippen molar-refractivity contribution in [2.75, 3.05) is 32.9 Å². The summed E-state index contributed by atoms with van der Waals surface area (Å²) in [6.07, 6.45) is 2.80. The summed E-state index contributed by atoms with van der Waals surface area (Å²) in [6.45, 7) is 7.18. The molecule has 1 saturated heterocycles. The number of carbonyl (C=O) groups is 1. The molecule has 10 heteroatoms. The van der Waals surface area contributed by atoms with Gasteiger partial charge in [0.05, 0.1) is 28.3 Å². The SMILES string of the molecule is CCOCCn1c(=NC(=O)c2ccc(S(=O)(=O)N3CCCCC3)cc2)sc2cc(OCC)ccc21. The lowest BCUT2D eigenvalue weighted by molar-refractivity contribution is 0.0996. The number of ether oxygens (including phenoxy) is 2. The molecule has 2 aromatic carbocycles. The predicted octanol–water partition coefficient (Wildman–Crippen LogP) is 4.05. The Labute approximate surface area is 209 Å². The largest absolute Gasteiger partial charge is 0.494 e. The Morgan fingerprint density at radius 2 is 1.77 bits per heavy atom. The lowest BCUT2D eigenvalue weighted by atomic mass is 10.2. The molecule has 0 atom stereocenters. The first-order chi connectivity index (χ1) is 16.9. The molecule has 4 rings (SSSR count). The highest BCUT2D eigenvalue weighted by molar-refractivity contribution is 7.89. The Balaban J connectivity index is 1.63. The second-order valence-electron chi connectivity index (χ2n) is 8.20. The van der Waals surface area contributed by atoms with E-state index in [4.69, 9.17) is 9.47 Å². The third-order valence-electron chi connectivity index (χ3n) is 5.88. The van der Waals surface area contributed by atoms with Gasteiger partial charge in [0.2, 0.25) is 10.0 Å². The lowest BCUT2D eigenvalue weighted by Gasteiger charge is -2.25. The average Bonchev–Trinajstić information content (AvgIpc) is 3.21. The van der Waals surface area contributed by atoms with Gasteiger partial charge in [0.15, 0.2) is 4.80 Å². The number of hydrogen-bond donors (Lipinski definition) is 0. The summed E-state index contributed by atoms with van der Waals surface area (Å²) in [4.78, 5) is 18.2. The summed E-state index contributed by atoms with van der Waals surface area (Å²) < 4.78 is 41.4. The molecule has 1 aliphatic rings. The number of fused-ring (bicyclic) bond motifs is 1. The van der Waals surface area contributed by atoms with Gasteiger partial charge in [-0.15, -0.1) is 0 Å². The van der Waals surface area contributed by atoms with Gasteiger partial charge in [-0.05, 0) is 69.2 Å². The molecule has 2 heterocycles. The van der Waals surface area contributed by atoms with Crippen LogP contribution in [0.25, 0.3) is 10.2 Å². The molecular formula is C25H31N3O5S2. The number of amides is 1. The van der Waals surface area contributed by atoms with Crippen molar-refractivity contribution in [3.63, 3.8) is 0 Å². The van der Waals surface area contributed by atoms with E-state index in [0.717, 1.165) is 35.2 Å². The summed E-state index contributed by atoms with van der Waals surface area (Å²) in [5, 5.41) is 0. The van der Waals surface area contributed by atoms with E-state index in [9.17, 15) is 13.2 Å². The molecular weight excluding hydrogens is 486 g/mol. The van der Waals surface area contributed by atoms with Crippen LogP contribution in [0.5, 0.6) is 5.75 Å². The number of sulfonamides is 1. The molecule has 1 aliphatic heterocycles. The summed E-state index contributed by atoms with van der Waals surface area (Å²) in [5.74, 6) is 0.343. The highest BCUT2D eigenvalue weighted by Gasteiger charge is 2.26. The highest BCUT2D eigenvalue weighted by Crippen LogP contribution is 2.24. The smallest absolute Gasteiger partial charge is 0.279 e. The molecule has 8 nitrogen and oxygen atoms in total. The normalized spacial score (nSPS) is 15.5. The van der Waals surface area contributed by atoms with Crippen LogP contribution in [0.15, 0.2) is 52.4 Å². The number of carbonyl (C=O) groups excluding carboxylic acids is 1. The number of nitrogens with zero attached hydrogens (tertiary/aromatic N) is 3. The van der Waals surface area contributed by atoms with Crippen LogP contribution in [-0.2, 0) is 21.3 Å². The molecule has 188 valence electrons. The van der Waals surface area contributed by atoms with Gasteiger partial charge in [-0.3, -0.25) is 4.79 Å². The van der Waals surface area contributed by atoms with Crippen LogP contribution in [0.1, 0.15) is 43.5 Å². The van der Waals surface area contributed by atoms with E-state index in [0.29, 0.717) is 49.8 Å². The fourth-order valence-electron chi connectivity index (χ4n) is 4.09. The first-order valence-corrected chi connectivity index (χ1v) is 14.2. The van der Waals surface area contributed by atoms with E-state index in [1.54, 1.807) is 0 Å². The number of rotatable bonds is 9. The van der Waals surface area contributed by atoms with Gasteiger partial charge in [0.25, 0.3) is 5.91 Å². The van der Waals surface area contributed by atoms with Gasteiger partial charge < -0.3 is 14.0 Å². The molecule has 1 amide bonds. The maximum Gasteiger partial charge on any atom is 0.279 e. The van der Waals surface area contributed by atoms with E-state index in [-0.39, 0.29) is 4.90 Å². The maximum atomic E-state index is 13.0. The van der Waals surface area contributed by atoms with Gasteiger partial charge in [0.1, 0.15) is 5.75 Å². The van der Waals surface area contributed by atoms with Crippen LogP contribution in [0, 0.1) is 0 Å². The third-order valence-corrected chi connectivity index (χ3v) is 8.83. The minimum atomic E-state index is -3.55. The van der Waals surface area contributed by atoms with Crippen molar-refractivity contribution >= 4 is 37.5 Å². The van der Waals surface area contributed by atoms with E-state index in [2.05, 4.69) is 4.99 Å². The molecule has 0 unspecified atom stereocenters. The van der Waals surface area contributed by atoms with Gasteiger partial charge in [-0.1, -0.05) is 17.8 Å². The predicted molar refractivity (Wildman–Crippen MR) is 136 cm³/mol. The monoisotopic (exact) mass is 517 g/mol. The zero-order valence-electron chi connectivity index (χ0n) is 20.1. The molecule has 0 aliphatic carbocycles. The van der Waals surface area contributed by atoms with E-state index < -0.39 is 15.9 Å². The molecule has 0 saturated carbocycles. The second-order valence-corrected chi connectivity index (χ2v) is 11.1. The Morgan fingerprint density at radius 1 is 1.03 bits per heavy atom. The zero-order valence-corrected chi connectivity index (χ0v) is 21.7. The number of benzene rings is 2. The standard InChI is InChI=1S/C25H31N3O5S2/c1-3-32-17-16-28-22-13-10-20(33-4-2)18-23(22)34-25(28)26-24(29)19-8-11-21(12-9-19)35(30,31)27-14-6-5-7-15-27/h8-13,18H,3-7,14-17H2,1-2H3. The van der Waals surface area contributed by atoms with Crippen molar-refractivity contribution in [3.8, 4) is 5.75 Å². The average molecular weight is 518 g/mol. The molecule has 0 N–H and O–H groups in total. The minimum Gasteiger partial charge on any atom is -0.494 e. The fourth-order valence-corrected chi connectivity index (χ4v) is 6.69. The number of piperidine rings is 1. The Kier molecular flexibility index (Phi) is 8.38. The first-order valence-electron chi connectivity index (χ1n) is 12.0. The van der Waals surface area contributed by atoms with E-state index in [1.165, 1.54) is 39.9 Å². The Bertz CT molecular complexity index is 1340. The van der Waals surface area contributed by atoms with Crippen molar-refractivity contribution in [2.24, 2.45) is 4.99 Å². The van der Waals surface area contributed by atoms with E-state index in [1.807, 2.05) is 36.6 Å². The summed E-state index contributed by atoms with van der Waals surface area (Å²) in [5.41, 5.74) is 1.29. The quantitative estimate of drug-likeness (QED) is 0.400. The van der Waals surface area contributed by atoms with Crippen LogP contribution >= 0.6 is 11.3 Å². The molecule has 1 aromatic heterocycles. The number of thiazole rings is 1. The van der Waals surface area contributed by atoms with Gasteiger partial charge in [-0.25, -0.2) is 8.42 Å². The lowest BCUT2D eigenvalue weighted by Crippen LogP contribution is -2.35. The fraction of sp³-hybridized carbons (Fsp3) is 0.440. The summed E-state index contributed by atoms with van der Waals surface area (Å²) >= 11 is 1.41. The number of hydrogen-bond acceptors (Lipinski definition) is 6. The Hall–Kier alpha value is -2.53. The van der Waals surface area contributed by atoms with Crippen LogP contribution in [0.2, 0.25) is 0 Å². The first kappa shape index (κ1) is 25.6. The van der Waals surface area contributed by atoms with Gasteiger partial charge >= 0.3 is 0 Å². The van der Waals surface area contributed by atoms with Crippen molar-refractivity contribution in [1.82, 2.24) is 8.87 Å². The van der Waals surface area contributed by atoms with Gasteiger partial charge in [0, 0.05) is 31.8 Å². The summed E-state index contributed by atoms with van der Waals surface area (Å²) in [6, 6.07) is 11.9. The van der Waals surface area contributed by atoms with Crippen molar-refractivity contribution in [1.29, 1.82) is 0 Å². The van der Waals surface area contributed by atoms with Crippen molar-refractivity contribution < 1.29 is 22.7 Å². The van der Waals surface area contributed by atoms with E-state index >= 15 is 0 Å². The van der Waals surface area contributed by atoms with Crippen LogP contribution in [0.3, 0.4) is 0 Å². The second kappa shape index (κ2) is 11.5. The minimum absolute atomic E-state index is 0.202. The topological polar surface area (TPSA) is 90.2 Å².